The number of rotatable bonds is 1. The molecule has 3 heteroatoms. The van der Waals surface area contributed by atoms with Crippen molar-refractivity contribution in [1.82, 2.24) is 0 Å². The Kier molecular flexibility index (Phi) is 3.76. The second-order valence-electron chi connectivity index (χ2n) is 4.53. The van der Waals surface area contributed by atoms with Gasteiger partial charge in [0.15, 0.2) is 0 Å². The number of benzene rings is 1. The molecule has 0 atom stereocenters. The molecule has 1 aromatic carbocycles. The molecule has 0 saturated carbocycles. The van der Waals surface area contributed by atoms with Gasteiger partial charge >= 0.3 is 0 Å². The molecule has 2 nitrogen and oxygen atoms in total. The lowest BCUT2D eigenvalue weighted by Gasteiger charge is -2.06. The summed E-state index contributed by atoms with van der Waals surface area (Å²) in [5, 5.41) is 8.82. The summed E-state index contributed by atoms with van der Waals surface area (Å²) in [6, 6.07) is 7.39. The first-order valence-corrected chi connectivity index (χ1v) is 8.57. The van der Waals surface area contributed by atoms with Crippen molar-refractivity contribution in [2.75, 3.05) is 7.11 Å². The van der Waals surface area contributed by atoms with Crippen LogP contribution in [0.2, 0.25) is 19.6 Å². The average molecular weight is 229 g/mol. The Labute approximate surface area is 97.9 Å². The topological polar surface area (TPSA) is 33.0 Å². The Hall–Kier alpha value is -1.71. The molecule has 1 rings (SSSR count). The lowest BCUT2D eigenvalue weighted by atomic mass is 10.1. The SMILES string of the molecule is COc1ccc(C#N)cc1C#C[Si](C)(C)C. The molecule has 0 bridgehead atoms. The predicted octanol–water partition coefficient (Wildman–Crippen LogP) is 2.80. The smallest absolute Gasteiger partial charge is 0.134 e. The maximum atomic E-state index is 8.82. The van der Waals surface area contributed by atoms with E-state index in [0.717, 1.165) is 11.3 Å². The third kappa shape index (κ3) is 3.45. The van der Waals surface area contributed by atoms with Gasteiger partial charge < -0.3 is 4.74 Å². The molecular weight excluding hydrogens is 214 g/mol. The molecule has 0 aromatic heterocycles. The lowest BCUT2D eigenvalue weighted by Crippen LogP contribution is -2.16. The highest BCUT2D eigenvalue weighted by atomic mass is 28.3. The van der Waals surface area contributed by atoms with Crippen molar-refractivity contribution in [2.45, 2.75) is 19.6 Å². The first kappa shape index (κ1) is 12.4. The molecule has 0 heterocycles. The third-order valence-electron chi connectivity index (χ3n) is 1.90. The molecule has 16 heavy (non-hydrogen) atoms. The standard InChI is InChI=1S/C13H15NOSi/c1-15-13-6-5-11(10-14)9-12(13)7-8-16(2,3)4/h5-6,9H,1-4H3. The van der Waals surface area contributed by atoms with Gasteiger partial charge in [0.25, 0.3) is 0 Å². The highest BCUT2D eigenvalue weighted by Crippen LogP contribution is 2.18. The van der Waals surface area contributed by atoms with Crippen LogP contribution in [-0.4, -0.2) is 15.2 Å². The van der Waals surface area contributed by atoms with Gasteiger partial charge in [-0.2, -0.15) is 5.26 Å². The van der Waals surface area contributed by atoms with E-state index < -0.39 is 8.07 Å². The summed E-state index contributed by atoms with van der Waals surface area (Å²) >= 11 is 0. The van der Waals surface area contributed by atoms with Crippen LogP contribution in [0.25, 0.3) is 0 Å². The van der Waals surface area contributed by atoms with E-state index in [1.165, 1.54) is 0 Å². The lowest BCUT2D eigenvalue weighted by molar-refractivity contribution is 0.413. The highest BCUT2D eigenvalue weighted by Gasteiger charge is 2.08. The highest BCUT2D eigenvalue weighted by molar-refractivity contribution is 6.83. The Morgan fingerprint density at radius 2 is 1.94 bits per heavy atom. The fraction of sp³-hybridized carbons (Fsp3) is 0.308. The van der Waals surface area contributed by atoms with E-state index in [2.05, 4.69) is 37.2 Å². The monoisotopic (exact) mass is 229 g/mol. The van der Waals surface area contributed by atoms with E-state index >= 15 is 0 Å². The summed E-state index contributed by atoms with van der Waals surface area (Å²) in [6.07, 6.45) is 0. The van der Waals surface area contributed by atoms with Crippen molar-refractivity contribution < 1.29 is 4.74 Å². The number of ether oxygens (including phenoxy) is 1. The van der Waals surface area contributed by atoms with Gasteiger partial charge in [-0.1, -0.05) is 25.6 Å². The minimum absolute atomic E-state index is 0.612. The van der Waals surface area contributed by atoms with Crippen LogP contribution < -0.4 is 4.74 Å². The number of hydrogen-bond acceptors (Lipinski definition) is 2. The minimum atomic E-state index is -1.40. The van der Waals surface area contributed by atoms with Crippen molar-refractivity contribution >= 4 is 8.07 Å². The minimum Gasteiger partial charge on any atom is -0.495 e. The summed E-state index contributed by atoms with van der Waals surface area (Å²) in [5.41, 5.74) is 4.67. The van der Waals surface area contributed by atoms with E-state index in [9.17, 15) is 0 Å². The van der Waals surface area contributed by atoms with Crippen molar-refractivity contribution in [2.24, 2.45) is 0 Å². The summed E-state index contributed by atoms with van der Waals surface area (Å²) in [5.74, 6) is 3.84. The Balaban J connectivity index is 3.19. The van der Waals surface area contributed by atoms with Crippen molar-refractivity contribution in [3.8, 4) is 23.3 Å². The molecule has 0 N–H and O–H groups in total. The van der Waals surface area contributed by atoms with Gasteiger partial charge in [0.1, 0.15) is 13.8 Å². The normalized spacial score (nSPS) is 9.94. The summed E-state index contributed by atoms with van der Waals surface area (Å²) < 4.78 is 5.21. The molecule has 1 aromatic rings. The third-order valence-corrected chi connectivity index (χ3v) is 2.78. The fourth-order valence-electron chi connectivity index (χ4n) is 1.13. The number of methoxy groups -OCH3 is 1. The summed E-state index contributed by atoms with van der Waals surface area (Å²) in [4.78, 5) is 0. The van der Waals surface area contributed by atoms with Crippen LogP contribution in [0.4, 0.5) is 0 Å². The van der Waals surface area contributed by atoms with Gasteiger partial charge in [0.05, 0.1) is 24.3 Å². The zero-order valence-electron chi connectivity index (χ0n) is 10.1. The first-order valence-electron chi connectivity index (χ1n) is 5.07. The largest absolute Gasteiger partial charge is 0.495 e. The summed E-state index contributed by atoms with van der Waals surface area (Å²) in [6.45, 7) is 6.54. The molecule has 82 valence electrons. The number of nitrogens with zero attached hydrogens (tertiary/aromatic N) is 1. The molecular formula is C13H15NOSi. The van der Waals surface area contributed by atoms with E-state index in [1.807, 2.05) is 0 Å². The molecule has 0 unspecified atom stereocenters. The van der Waals surface area contributed by atoms with E-state index in [1.54, 1.807) is 25.3 Å². The van der Waals surface area contributed by atoms with Gasteiger partial charge in [-0.3, -0.25) is 0 Å². The van der Waals surface area contributed by atoms with Crippen molar-refractivity contribution in [3.63, 3.8) is 0 Å². The first-order chi connectivity index (χ1) is 7.46. The van der Waals surface area contributed by atoms with Crippen LogP contribution in [0.3, 0.4) is 0 Å². The van der Waals surface area contributed by atoms with Crippen LogP contribution in [0.15, 0.2) is 18.2 Å². The molecule has 0 aliphatic heterocycles. The molecule has 0 saturated heterocycles. The van der Waals surface area contributed by atoms with E-state index in [-0.39, 0.29) is 0 Å². The van der Waals surface area contributed by atoms with Crippen LogP contribution in [0.5, 0.6) is 5.75 Å². The average Bonchev–Trinajstić information content (AvgIpc) is 2.25. The molecule has 0 aliphatic rings. The van der Waals surface area contributed by atoms with Crippen LogP contribution in [0, 0.1) is 22.8 Å². The van der Waals surface area contributed by atoms with Crippen LogP contribution in [0.1, 0.15) is 11.1 Å². The second kappa shape index (κ2) is 4.87. The summed E-state index contributed by atoms with van der Waals surface area (Å²) in [7, 11) is 0.209. The number of hydrogen-bond donors (Lipinski definition) is 0. The van der Waals surface area contributed by atoms with E-state index in [0.29, 0.717) is 5.56 Å². The van der Waals surface area contributed by atoms with E-state index in [4.69, 9.17) is 10.00 Å². The van der Waals surface area contributed by atoms with Crippen LogP contribution in [-0.2, 0) is 0 Å². The zero-order valence-corrected chi connectivity index (χ0v) is 11.1. The van der Waals surface area contributed by atoms with Gasteiger partial charge in [0, 0.05) is 0 Å². The van der Waals surface area contributed by atoms with Gasteiger partial charge in [-0.25, -0.2) is 0 Å². The zero-order chi connectivity index (χ0) is 12.2. The second-order valence-corrected chi connectivity index (χ2v) is 9.28. The van der Waals surface area contributed by atoms with Gasteiger partial charge in [0.2, 0.25) is 0 Å². The van der Waals surface area contributed by atoms with Crippen LogP contribution >= 0.6 is 0 Å². The predicted molar refractivity (Wildman–Crippen MR) is 67.9 cm³/mol. The van der Waals surface area contributed by atoms with Gasteiger partial charge in [-0.05, 0) is 18.2 Å². The molecule has 0 amide bonds. The molecule has 0 fully saturated rings. The van der Waals surface area contributed by atoms with Crippen molar-refractivity contribution in [3.05, 3.63) is 29.3 Å². The molecule has 0 aliphatic carbocycles. The fourth-order valence-corrected chi connectivity index (χ4v) is 1.64. The number of nitriles is 1. The molecule has 0 spiro atoms. The van der Waals surface area contributed by atoms with Gasteiger partial charge in [-0.15, -0.1) is 5.54 Å². The maximum absolute atomic E-state index is 8.82. The maximum Gasteiger partial charge on any atom is 0.134 e. The Morgan fingerprint density at radius 1 is 1.25 bits per heavy atom. The Bertz CT molecular complexity index is 483. The molecule has 0 radical (unpaired) electrons. The Morgan fingerprint density at radius 3 is 2.44 bits per heavy atom. The quantitative estimate of drug-likeness (QED) is 0.548. The van der Waals surface area contributed by atoms with Crippen molar-refractivity contribution in [1.29, 1.82) is 5.26 Å².